The van der Waals surface area contributed by atoms with Crippen LogP contribution in [0.5, 0.6) is 0 Å². The molecule has 0 aliphatic rings. The first kappa shape index (κ1) is 14.4. The Hall–Kier alpha value is -2.06. The highest BCUT2D eigenvalue weighted by Gasteiger charge is 2.08. The molecule has 0 aliphatic heterocycles. The summed E-state index contributed by atoms with van der Waals surface area (Å²) in [6.45, 7) is 3.80. The molecule has 0 aliphatic carbocycles. The zero-order chi connectivity index (χ0) is 14.7. The summed E-state index contributed by atoms with van der Waals surface area (Å²) in [4.78, 5) is 10.8. The molecule has 0 bridgehead atoms. The van der Waals surface area contributed by atoms with Gasteiger partial charge in [-0.1, -0.05) is 41.9 Å². The van der Waals surface area contributed by atoms with Crippen LogP contribution in [0.15, 0.2) is 48.5 Å². The first-order valence-electron chi connectivity index (χ1n) is 6.26. The number of halogens is 1. The lowest BCUT2D eigenvalue weighted by Crippen LogP contribution is -1.91. The lowest BCUT2D eigenvalue weighted by Gasteiger charge is -2.10. The Balaban J connectivity index is 2.56. The standard InChI is InChI=1S/C17H15ClO2/c1-11-5-3-4-6-14(11)15-10-13(7-8-16(15)18)12(2)9-17(19)20/h3-10H,1-2H3,(H,19,20)/b12-9+. The molecule has 0 atom stereocenters. The fraction of sp³-hybridized carbons (Fsp3) is 0.118. The molecule has 2 rings (SSSR count). The van der Waals surface area contributed by atoms with E-state index < -0.39 is 5.97 Å². The summed E-state index contributed by atoms with van der Waals surface area (Å²) in [7, 11) is 0. The third-order valence-electron chi connectivity index (χ3n) is 3.20. The summed E-state index contributed by atoms with van der Waals surface area (Å²) < 4.78 is 0. The fourth-order valence-corrected chi connectivity index (χ4v) is 2.34. The van der Waals surface area contributed by atoms with Crippen molar-refractivity contribution >= 4 is 23.1 Å². The second kappa shape index (κ2) is 5.93. The highest BCUT2D eigenvalue weighted by molar-refractivity contribution is 6.33. The quantitative estimate of drug-likeness (QED) is 0.823. The Labute approximate surface area is 123 Å². The van der Waals surface area contributed by atoms with Crippen molar-refractivity contribution in [2.24, 2.45) is 0 Å². The lowest BCUT2D eigenvalue weighted by atomic mass is 9.96. The van der Waals surface area contributed by atoms with Crippen molar-refractivity contribution in [3.8, 4) is 11.1 Å². The van der Waals surface area contributed by atoms with Gasteiger partial charge in [0.1, 0.15) is 0 Å². The third-order valence-corrected chi connectivity index (χ3v) is 3.53. The molecule has 0 amide bonds. The van der Waals surface area contributed by atoms with Crippen LogP contribution in [-0.4, -0.2) is 11.1 Å². The Morgan fingerprint density at radius 2 is 1.85 bits per heavy atom. The molecule has 3 heteroatoms. The second-order valence-electron chi connectivity index (χ2n) is 4.68. The molecule has 0 aromatic heterocycles. The fourth-order valence-electron chi connectivity index (χ4n) is 2.12. The molecule has 0 fully saturated rings. The molecule has 0 heterocycles. The summed E-state index contributed by atoms with van der Waals surface area (Å²) in [5.74, 6) is -0.949. The van der Waals surface area contributed by atoms with Gasteiger partial charge in [-0.25, -0.2) is 4.79 Å². The monoisotopic (exact) mass is 286 g/mol. The van der Waals surface area contributed by atoms with E-state index in [9.17, 15) is 4.79 Å². The summed E-state index contributed by atoms with van der Waals surface area (Å²) in [5.41, 5.74) is 4.66. The molecular weight excluding hydrogens is 272 g/mol. The van der Waals surface area contributed by atoms with Gasteiger partial charge in [-0.2, -0.15) is 0 Å². The first-order valence-corrected chi connectivity index (χ1v) is 6.64. The van der Waals surface area contributed by atoms with Crippen LogP contribution in [0.2, 0.25) is 5.02 Å². The molecule has 2 nitrogen and oxygen atoms in total. The second-order valence-corrected chi connectivity index (χ2v) is 5.08. The van der Waals surface area contributed by atoms with Gasteiger partial charge < -0.3 is 5.11 Å². The molecule has 2 aromatic carbocycles. The molecule has 0 unspecified atom stereocenters. The number of hydrogen-bond acceptors (Lipinski definition) is 1. The van der Waals surface area contributed by atoms with E-state index in [1.165, 1.54) is 6.08 Å². The first-order chi connectivity index (χ1) is 9.49. The van der Waals surface area contributed by atoms with Crippen molar-refractivity contribution in [1.82, 2.24) is 0 Å². The van der Waals surface area contributed by atoms with Gasteiger partial charge in [-0.05, 0) is 48.2 Å². The van der Waals surface area contributed by atoms with Crippen molar-refractivity contribution in [2.45, 2.75) is 13.8 Å². The zero-order valence-electron chi connectivity index (χ0n) is 11.4. The smallest absolute Gasteiger partial charge is 0.328 e. The van der Waals surface area contributed by atoms with Gasteiger partial charge in [0.25, 0.3) is 0 Å². The third kappa shape index (κ3) is 3.09. The minimum atomic E-state index is -0.949. The Morgan fingerprint density at radius 3 is 2.50 bits per heavy atom. The molecule has 0 saturated heterocycles. The minimum absolute atomic E-state index is 0.658. The summed E-state index contributed by atoms with van der Waals surface area (Å²) >= 11 is 6.28. The SMILES string of the molecule is C/C(=C\C(=O)O)c1ccc(Cl)c(-c2ccccc2C)c1. The molecule has 0 saturated carbocycles. The van der Waals surface area contributed by atoms with Crippen molar-refractivity contribution in [3.63, 3.8) is 0 Å². The van der Waals surface area contributed by atoms with Crippen molar-refractivity contribution in [3.05, 3.63) is 64.7 Å². The van der Waals surface area contributed by atoms with Crippen LogP contribution in [0.4, 0.5) is 0 Å². The molecule has 20 heavy (non-hydrogen) atoms. The van der Waals surface area contributed by atoms with Gasteiger partial charge >= 0.3 is 5.97 Å². The Morgan fingerprint density at radius 1 is 1.15 bits per heavy atom. The van der Waals surface area contributed by atoms with Crippen LogP contribution >= 0.6 is 11.6 Å². The van der Waals surface area contributed by atoms with Crippen LogP contribution in [0, 0.1) is 6.92 Å². The molecule has 2 aromatic rings. The number of carbonyl (C=O) groups is 1. The maximum atomic E-state index is 10.8. The van der Waals surface area contributed by atoms with Gasteiger partial charge in [-0.3, -0.25) is 0 Å². The van der Waals surface area contributed by atoms with Crippen LogP contribution in [-0.2, 0) is 4.79 Å². The number of allylic oxidation sites excluding steroid dienone is 1. The van der Waals surface area contributed by atoms with Gasteiger partial charge in [0.2, 0.25) is 0 Å². The number of benzene rings is 2. The Kier molecular flexibility index (Phi) is 4.26. The largest absolute Gasteiger partial charge is 0.478 e. The number of hydrogen-bond donors (Lipinski definition) is 1. The van der Waals surface area contributed by atoms with Gasteiger partial charge in [0.05, 0.1) is 0 Å². The Bertz CT molecular complexity index is 687. The van der Waals surface area contributed by atoms with E-state index in [0.29, 0.717) is 10.6 Å². The van der Waals surface area contributed by atoms with E-state index in [4.69, 9.17) is 16.7 Å². The highest BCUT2D eigenvalue weighted by Crippen LogP contribution is 2.32. The van der Waals surface area contributed by atoms with E-state index in [1.807, 2.05) is 43.3 Å². The van der Waals surface area contributed by atoms with Crippen LogP contribution in [0.1, 0.15) is 18.1 Å². The maximum absolute atomic E-state index is 10.8. The number of aliphatic carboxylic acids is 1. The van der Waals surface area contributed by atoms with Gasteiger partial charge in [0.15, 0.2) is 0 Å². The van der Waals surface area contributed by atoms with E-state index >= 15 is 0 Å². The van der Waals surface area contributed by atoms with E-state index in [-0.39, 0.29) is 0 Å². The predicted octanol–water partition coefficient (Wildman–Crippen LogP) is 4.80. The number of carboxylic acids is 1. The molecule has 0 spiro atoms. The minimum Gasteiger partial charge on any atom is -0.478 e. The highest BCUT2D eigenvalue weighted by atomic mass is 35.5. The van der Waals surface area contributed by atoms with Crippen molar-refractivity contribution < 1.29 is 9.90 Å². The zero-order valence-corrected chi connectivity index (χ0v) is 12.1. The summed E-state index contributed by atoms with van der Waals surface area (Å²) in [6, 6.07) is 13.5. The number of carboxylic acid groups (broad SMARTS) is 1. The van der Waals surface area contributed by atoms with Crippen molar-refractivity contribution in [1.29, 1.82) is 0 Å². The number of rotatable bonds is 3. The van der Waals surface area contributed by atoms with Crippen LogP contribution in [0.3, 0.4) is 0 Å². The number of aryl methyl sites for hydroxylation is 1. The maximum Gasteiger partial charge on any atom is 0.328 e. The topological polar surface area (TPSA) is 37.3 Å². The predicted molar refractivity (Wildman–Crippen MR) is 82.9 cm³/mol. The lowest BCUT2D eigenvalue weighted by molar-refractivity contribution is -0.131. The summed E-state index contributed by atoms with van der Waals surface area (Å²) in [6.07, 6.45) is 1.20. The van der Waals surface area contributed by atoms with E-state index in [1.54, 1.807) is 13.0 Å². The van der Waals surface area contributed by atoms with E-state index in [2.05, 4.69) is 0 Å². The van der Waals surface area contributed by atoms with Crippen molar-refractivity contribution in [2.75, 3.05) is 0 Å². The molecular formula is C17H15ClO2. The molecule has 0 radical (unpaired) electrons. The average Bonchev–Trinajstić information content (AvgIpc) is 2.39. The van der Waals surface area contributed by atoms with E-state index in [0.717, 1.165) is 22.3 Å². The average molecular weight is 287 g/mol. The van der Waals surface area contributed by atoms with Crippen LogP contribution in [0.25, 0.3) is 16.7 Å². The normalized spacial score (nSPS) is 11.4. The molecule has 102 valence electrons. The van der Waals surface area contributed by atoms with Crippen LogP contribution < -0.4 is 0 Å². The molecule has 1 N–H and O–H groups in total. The van der Waals surface area contributed by atoms with Gasteiger partial charge in [-0.15, -0.1) is 0 Å². The van der Waals surface area contributed by atoms with Gasteiger partial charge in [0, 0.05) is 16.7 Å². The summed E-state index contributed by atoms with van der Waals surface area (Å²) in [5, 5.41) is 9.49.